The predicted molar refractivity (Wildman–Crippen MR) is 92.2 cm³/mol. The van der Waals surface area contributed by atoms with Gasteiger partial charge in [0.2, 0.25) is 5.70 Å². The second-order valence-corrected chi connectivity index (χ2v) is 5.22. The second kappa shape index (κ2) is 6.96. The van der Waals surface area contributed by atoms with Crippen LogP contribution in [0.15, 0.2) is 79.3 Å². The van der Waals surface area contributed by atoms with Gasteiger partial charge in [-0.1, -0.05) is 43.0 Å². The summed E-state index contributed by atoms with van der Waals surface area (Å²) in [6.07, 6.45) is 1.85. The number of aliphatic hydroxyl groups excluding tert-OH is 1. The summed E-state index contributed by atoms with van der Waals surface area (Å²) in [4.78, 5) is 0. The molecule has 0 spiro atoms. The molecule has 1 unspecified atom stereocenters. The third-order valence-corrected chi connectivity index (χ3v) is 3.76. The van der Waals surface area contributed by atoms with Crippen LogP contribution in [0.5, 0.6) is 0 Å². The lowest BCUT2D eigenvalue weighted by Crippen LogP contribution is -2.44. The number of ether oxygens (including phenoxy) is 1. The van der Waals surface area contributed by atoms with Gasteiger partial charge in [-0.2, -0.15) is 0 Å². The highest BCUT2D eigenvalue weighted by Crippen LogP contribution is 2.34. The van der Waals surface area contributed by atoms with Crippen LogP contribution in [0, 0.1) is 0 Å². The minimum atomic E-state index is -0.0839. The topological polar surface area (TPSA) is 29.5 Å². The zero-order chi connectivity index (χ0) is 16.0. The molecule has 2 aromatic rings. The largest absolute Gasteiger partial charge is 0.477 e. The molecule has 0 saturated carbocycles. The lowest BCUT2D eigenvalue weighted by atomic mass is 10.1. The van der Waals surface area contributed by atoms with Crippen LogP contribution in [0.2, 0.25) is 0 Å². The summed E-state index contributed by atoms with van der Waals surface area (Å²) in [7, 11) is 3.51. The van der Waals surface area contributed by atoms with Gasteiger partial charge in [-0.15, -0.1) is 0 Å². The maximum Gasteiger partial charge on any atom is 0.341 e. The van der Waals surface area contributed by atoms with Crippen LogP contribution in [0.1, 0.15) is 5.56 Å². The fourth-order valence-corrected chi connectivity index (χ4v) is 2.65. The number of methoxy groups -OCH3 is 1. The second-order valence-electron chi connectivity index (χ2n) is 5.22. The lowest BCUT2D eigenvalue weighted by Gasteiger charge is -2.34. The Morgan fingerprint density at radius 2 is 1.64 bits per heavy atom. The van der Waals surface area contributed by atoms with E-state index in [1.165, 1.54) is 7.11 Å². The van der Waals surface area contributed by atoms with E-state index < -0.39 is 0 Å². The fraction of sp³-hybridized carbons (Fsp3) is 0.158. The van der Waals surface area contributed by atoms with Crippen LogP contribution in [0.4, 0.5) is 5.69 Å². The average Bonchev–Trinajstić information content (AvgIpc) is 2.57. The molecule has 114 valence electrons. The third kappa shape index (κ3) is 3.05. The number of benzene rings is 2. The standard InChI is InChI=1S/C19H21NO2/c1-4-15-20(2,17-13-9-6-10-14-17)18(19(21)22-3)16-11-7-5-8-12-16/h4-14H,1,15H2,2-3H3/p+1/b19-18+. The van der Waals surface area contributed by atoms with E-state index in [0.717, 1.165) is 11.3 Å². The number of nitrogens with zero attached hydrogens (tertiary/aromatic N) is 1. The molecule has 0 aliphatic rings. The molecule has 3 heteroatoms. The Hall–Kier alpha value is -2.52. The van der Waals surface area contributed by atoms with Gasteiger partial charge in [-0.3, -0.25) is 4.48 Å². The first-order valence-corrected chi connectivity index (χ1v) is 7.18. The number of quaternary nitrogens is 1. The van der Waals surface area contributed by atoms with Gasteiger partial charge in [0, 0.05) is 5.56 Å². The quantitative estimate of drug-likeness (QED) is 0.488. The van der Waals surface area contributed by atoms with Gasteiger partial charge in [-0.05, 0) is 30.3 Å². The number of hydrogen-bond donors (Lipinski definition) is 1. The van der Waals surface area contributed by atoms with Gasteiger partial charge in [0.25, 0.3) is 0 Å². The Morgan fingerprint density at radius 3 is 2.14 bits per heavy atom. The molecule has 0 aliphatic carbocycles. The molecular weight excluding hydrogens is 274 g/mol. The first-order valence-electron chi connectivity index (χ1n) is 7.18. The molecule has 0 aromatic heterocycles. The van der Waals surface area contributed by atoms with Gasteiger partial charge in [-0.25, -0.2) is 0 Å². The molecule has 0 aliphatic heterocycles. The number of para-hydroxylation sites is 1. The summed E-state index contributed by atoms with van der Waals surface area (Å²) in [5.74, 6) is -0.0839. The van der Waals surface area contributed by atoms with Crippen molar-refractivity contribution in [1.82, 2.24) is 4.48 Å². The van der Waals surface area contributed by atoms with Crippen molar-refractivity contribution in [2.45, 2.75) is 0 Å². The maximum absolute atomic E-state index is 10.4. The van der Waals surface area contributed by atoms with Crippen molar-refractivity contribution in [3.8, 4) is 0 Å². The van der Waals surface area contributed by atoms with Crippen LogP contribution < -0.4 is 4.48 Å². The Bertz CT molecular complexity index is 650. The predicted octanol–water partition coefficient (Wildman–Crippen LogP) is 4.34. The minimum Gasteiger partial charge on any atom is -0.477 e. The van der Waals surface area contributed by atoms with E-state index in [9.17, 15) is 5.11 Å². The first-order chi connectivity index (χ1) is 10.6. The third-order valence-electron chi connectivity index (χ3n) is 3.76. The van der Waals surface area contributed by atoms with Crippen molar-refractivity contribution in [3.63, 3.8) is 0 Å². The highest BCUT2D eigenvalue weighted by Gasteiger charge is 2.35. The van der Waals surface area contributed by atoms with Gasteiger partial charge in [0.05, 0.1) is 14.2 Å². The number of rotatable bonds is 6. The fourth-order valence-electron chi connectivity index (χ4n) is 2.65. The van der Waals surface area contributed by atoms with E-state index in [-0.39, 0.29) is 5.95 Å². The van der Waals surface area contributed by atoms with Gasteiger partial charge in [0.15, 0.2) is 0 Å². The molecule has 2 rings (SSSR count). The van der Waals surface area contributed by atoms with Crippen molar-refractivity contribution < 1.29 is 9.84 Å². The lowest BCUT2D eigenvalue weighted by molar-refractivity contribution is 0.133. The Kier molecular flexibility index (Phi) is 5.02. The van der Waals surface area contributed by atoms with Crippen LogP contribution in [0.25, 0.3) is 5.70 Å². The number of hydrogen-bond acceptors (Lipinski definition) is 2. The molecule has 2 aromatic carbocycles. The Balaban J connectivity index is 2.68. The first kappa shape index (κ1) is 15.9. The smallest absolute Gasteiger partial charge is 0.341 e. The summed E-state index contributed by atoms with van der Waals surface area (Å²) in [6.45, 7) is 4.50. The van der Waals surface area contributed by atoms with Crippen LogP contribution in [-0.2, 0) is 4.74 Å². The monoisotopic (exact) mass is 296 g/mol. The van der Waals surface area contributed by atoms with E-state index in [1.54, 1.807) is 0 Å². The normalized spacial score (nSPS) is 14.6. The summed E-state index contributed by atoms with van der Waals surface area (Å²) in [5, 5.41) is 10.4. The van der Waals surface area contributed by atoms with Crippen LogP contribution in [-0.4, -0.2) is 25.8 Å². The van der Waals surface area contributed by atoms with Crippen molar-refractivity contribution in [2.24, 2.45) is 0 Å². The molecule has 0 heterocycles. The van der Waals surface area contributed by atoms with Crippen molar-refractivity contribution in [2.75, 3.05) is 20.7 Å². The highest BCUT2D eigenvalue weighted by molar-refractivity contribution is 5.75. The molecule has 3 nitrogen and oxygen atoms in total. The van der Waals surface area contributed by atoms with E-state index in [0.29, 0.717) is 16.7 Å². The summed E-state index contributed by atoms with van der Waals surface area (Å²) >= 11 is 0. The van der Waals surface area contributed by atoms with E-state index >= 15 is 0 Å². The Morgan fingerprint density at radius 1 is 1.09 bits per heavy atom. The SMILES string of the molecule is C=CC[N+](C)(/C(=C(\O)OC)c1ccccc1)c1ccccc1. The zero-order valence-electron chi connectivity index (χ0n) is 13.1. The van der Waals surface area contributed by atoms with E-state index in [1.807, 2.05) is 73.8 Å². The van der Waals surface area contributed by atoms with Crippen molar-refractivity contribution in [3.05, 3.63) is 84.8 Å². The van der Waals surface area contributed by atoms with Crippen molar-refractivity contribution >= 4 is 11.4 Å². The minimum absolute atomic E-state index is 0.0839. The molecule has 0 fully saturated rings. The average molecular weight is 296 g/mol. The van der Waals surface area contributed by atoms with Crippen molar-refractivity contribution in [1.29, 1.82) is 0 Å². The highest BCUT2D eigenvalue weighted by atomic mass is 16.6. The molecular formula is C19H22NO2+. The van der Waals surface area contributed by atoms with Gasteiger partial charge >= 0.3 is 5.95 Å². The zero-order valence-corrected chi connectivity index (χ0v) is 13.1. The molecule has 22 heavy (non-hydrogen) atoms. The molecule has 0 bridgehead atoms. The summed E-state index contributed by atoms with van der Waals surface area (Å²) in [5.41, 5.74) is 2.66. The number of aliphatic hydroxyl groups is 1. The summed E-state index contributed by atoms with van der Waals surface area (Å²) < 4.78 is 5.54. The molecule has 1 atom stereocenters. The maximum atomic E-state index is 10.4. The van der Waals surface area contributed by atoms with Gasteiger partial charge < -0.3 is 9.84 Å². The van der Waals surface area contributed by atoms with Crippen LogP contribution >= 0.6 is 0 Å². The summed E-state index contributed by atoms with van der Waals surface area (Å²) in [6, 6.07) is 19.8. The van der Waals surface area contributed by atoms with E-state index in [2.05, 4.69) is 6.58 Å². The number of likely N-dealkylation sites (N-methyl/N-ethyl adjacent to an activating group) is 1. The molecule has 0 radical (unpaired) electrons. The molecule has 0 saturated heterocycles. The molecule has 1 N–H and O–H groups in total. The van der Waals surface area contributed by atoms with E-state index in [4.69, 9.17) is 4.74 Å². The molecule has 0 amide bonds. The van der Waals surface area contributed by atoms with Gasteiger partial charge in [0.1, 0.15) is 12.2 Å². The van der Waals surface area contributed by atoms with Crippen LogP contribution in [0.3, 0.4) is 0 Å². The Labute approximate surface area is 132 Å².